The number of rotatable bonds is 9. The van der Waals surface area contributed by atoms with Gasteiger partial charge in [-0.05, 0) is 61.5 Å². The van der Waals surface area contributed by atoms with Gasteiger partial charge in [0.2, 0.25) is 5.88 Å². The first-order valence-electron chi connectivity index (χ1n) is 9.31. The van der Waals surface area contributed by atoms with Crippen LogP contribution in [0.2, 0.25) is 0 Å². The van der Waals surface area contributed by atoms with Crippen LogP contribution in [0.3, 0.4) is 0 Å². The highest BCUT2D eigenvalue weighted by molar-refractivity contribution is 5.94. The second-order valence-electron chi connectivity index (χ2n) is 6.05. The first kappa shape index (κ1) is 20.1. The first-order valence-corrected chi connectivity index (χ1v) is 9.31. The van der Waals surface area contributed by atoms with Gasteiger partial charge < -0.3 is 19.5 Å². The van der Waals surface area contributed by atoms with E-state index in [0.717, 1.165) is 17.0 Å². The lowest BCUT2D eigenvalue weighted by molar-refractivity contribution is 0.0946. The van der Waals surface area contributed by atoms with Crippen molar-refractivity contribution in [2.75, 3.05) is 26.9 Å². The maximum atomic E-state index is 12.1. The van der Waals surface area contributed by atoms with Gasteiger partial charge in [0.25, 0.3) is 5.91 Å². The van der Waals surface area contributed by atoms with E-state index in [0.29, 0.717) is 37.0 Å². The number of methoxy groups -OCH3 is 1. The van der Waals surface area contributed by atoms with Gasteiger partial charge in [-0.2, -0.15) is 0 Å². The number of nitrogens with zero attached hydrogens (tertiary/aromatic N) is 2. The van der Waals surface area contributed by atoms with E-state index < -0.39 is 0 Å². The number of ether oxygens (including phenoxy) is 3. The highest BCUT2D eigenvalue weighted by Gasteiger charge is 2.06. The zero-order chi connectivity index (χ0) is 20.5. The molecule has 1 N–H and O–H groups in total. The molecule has 1 aromatic heterocycles. The predicted molar refractivity (Wildman–Crippen MR) is 109 cm³/mol. The van der Waals surface area contributed by atoms with Crippen LogP contribution in [-0.2, 0) is 0 Å². The Morgan fingerprint density at radius 1 is 0.897 bits per heavy atom. The van der Waals surface area contributed by atoms with Crippen LogP contribution in [0.4, 0.5) is 0 Å². The topological polar surface area (TPSA) is 82.6 Å². The second-order valence-corrected chi connectivity index (χ2v) is 6.05. The lowest BCUT2D eigenvalue weighted by Gasteiger charge is -2.08. The van der Waals surface area contributed by atoms with Crippen LogP contribution in [0.15, 0.2) is 60.7 Å². The predicted octanol–water partition coefficient (Wildman–Crippen LogP) is 3.36. The van der Waals surface area contributed by atoms with Gasteiger partial charge in [0.05, 0.1) is 26.0 Å². The van der Waals surface area contributed by atoms with Crippen LogP contribution in [0, 0.1) is 0 Å². The van der Waals surface area contributed by atoms with Crippen molar-refractivity contribution in [1.82, 2.24) is 15.5 Å². The third-order valence-electron chi connectivity index (χ3n) is 4.09. The molecule has 0 bridgehead atoms. The van der Waals surface area contributed by atoms with E-state index in [4.69, 9.17) is 14.2 Å². The van der Waals surface area contributed by atoms with Gasteiger partial charge >= 0.3 is 0 Å². The van der Waals surface area contributed by atoms with Crippen molar-refractivity contribution in [2.45, 2.75) is 6.92 Å². The molecule has 2 aromatic carbocycles. The molecule has 3 rings (SSSR count). The summed E-state index contributed by atoms with van der Waals surface area (Å²) in [5.41, 5.74) is 2.25. The van der Waals surface area contributed by atoms with E-state index in [1.807, 2.05) is 37.3 Å². The minimum atomic E-state index is -0.173. The van der Waals surface area contributed by atoms with E-state index in [1.165, 1.54) is 0 Å². The number of hydrogen-bond acceptors (Lipinski definition) is 6. The van der Waals surface area contributed by atoms with Gasteiger partial charge in [0, 0.05) is 17.2 Å². The Labute approximate surface area is 169 Å². The molecule has 29 heavy (non-hydrogen) atoms. The van der Waals surface area contributed by atoms with E-state index in [9.17, 15) is 4.79 Å². The molecule has 0 saturated carbocycles. The van der Waals surface area contributed by atoms with Gasteiger partial charge in [-0.25, -0.2) is 0 Å². The molecule has 150 valence electrons. The van der Waals surface area contributed by atoms with Crippen LogP contribution in [0.5, 0.6) is 17.4 Å². The van der Waals surface area contributed by atoms with Crippen molar-refractivity contribution in [1.29, 1.82) is 0 Å². The maximum absolute atomic E-state index is 12.1. The standard InChI is InChI=1S/C22H23N3O4/c1-3-28-19-10-4-16(5-11-19)20-12-13-21(25-24-20)29-15-14-23-22(26)17-6-8-18(27-2)9-7-17/h4-13H,3,14-15H2,1-2H3,(H,23,26). The Morgan fingerprint density at radius 2 is 1.62 bits per heavy atom. The molecule has 0 radical (unpaired) electrons. The molecule has 1 amide bonds. The third kappa shape index (κ3) is 5.68. The normalized spacial score (nSPS) is 10.3. The summed E-state index contributed by atoms with van der Waals surface area (Å²) in [6, 6.07) is 18.2. The highest BCUT2D eigenvalue weighted by atomic mass is 16.5. The molecule has 3 aromatic rings. The molecule has 0 fully saturated rings. The SMILES string of the molecule is CCOc1ccc(-c2ccc(OCCNC(=O)c3ccc(OC)cc3)nn2)cc1. The number of benzene rings is 2. The quantitative estimate of drug-likeness (QED) is 0.562. The van der Waals surface area contributed by atoms with Crippen molar-refractivity contribution >= 4 is 5.91 Å². The Kier molecular flexibility index (Phi) is 7.00. The Bertz CT molecular complexity index is 910. The number of carbonyl (C=O) groups excluding carboxylic acids is 1. The average Bonchev–Trinajstić information content (AvgIpc) is 2.78. The van der Waals surface area contributed by atoms with Crippen molar-refractivity contribution in [2.24, 2.45) is 0 Å². The number of nitrogens with one attached hydrogen (secondary N) is 1. The molecular weight excluding hydrogens is 370 g/mol. The second kappa shape index (κ2) is 10.1. The molecule has 0 spiro atoms. The lowest BCUT2D eigenvalue weighted by atomic mass is 10.1. The Morgan fingerprint density at radius 3 is 2.24 bits per heavy atom. The summed E-state index contributed by atoms with van der Waals surface area (Å²) in [6.45, 7) is 3.22. The number of amides is 1. The molecule has 1 heterocycles. The van der Waals surface area contributed by atoms with Gasteiger partial charge in [-0.15, -0.1) is 10.2 Å². The Hall–Kier alpha value is -3.61. The summed E-state index contributed by atoms with van der Waals surface area (Å²) >= 11 is 0. The van der Waals surface area contributed by atoms with Crippen LogP contribution >= 0.6 is 0 Å². The summed E-state index contributed by atoms with van der Waals surface area (Å²) < 4.78 is 16.1. The molecule has 0 saturated heterocycles. The Balaban J connectivity index is 1.45. The third-order valence-corrected chi connectivity index (χ3v) is 4.09. The van der Waals surface area contributed by atoms with Crippen LogP contribution in [0.25, 0.3) is 11.3 Å². The number of hydrogen-bond donors (Lipinski definition) is 1. The smallest absolute Gasteiger partial charge is 0.251 e. The summed E-state index contributed by atoms with van der Waals surface area (Å²) in [6.07, 6.45) is 0. The van der Waals surface area contributed by atoms with Gasteiger partial charge in [0.1, 0.15) is 18.1 Å². The monoisotopic (exact) mass is 393 g/mol. The van der Waals surface area contributed by atoms with E-state index in [2.05, 4.69) is 15.5 Å². The van der Waals surface area contributed by atoms with Gasteiger partial charge in [0.15, 0.2) is 0 Å². The largest absolute Gasteiger partial charge is 0.497 e. The summed E-state index contributed by atoms with van der Waals surface area (Å²) in [7, 11) is 1.58. The van der Waals surface area contributed by atoms with E-state index in [-0.39, 0.29) is 5.91 Å². The minimum absolute atomic E-state index is 0.173. The van der Waals surface area contributed by atoms with Crippen molar-refractivity contribution < 1.29 is 19.0 Å². The van der Waals surface area contributed by atoms with Crippen LogP contribution in [0.1, 0.15) is 17.3 Å². The molecule has 0 aliphatic rings. The van der Waals surface area contributed by atoms with Crippen LogP contribution in [-0.4, -0.2) is 43.0 Å². The molecule has 7 nitrogen and oxygen atoms in total. The molecule has 7 heteroatoms. The molecular formula is C22H23N3O4. The number of aromatic nitrogens is 2. The fourth-order valence-electron chi connectivity index (χ4n) is 2.60. The van der Waals surface area contributed by atoms with Crippen LogP contribution < -0.4 is 19.5 Å². The van der Waals surface area contributed by atoms with E-state index in [1.54, 1.807) is 37.4 Å². The van der Waals surface area contributed by atoms with Gasteiger partial charge in [-0.3, -0.25) is 4.79 Å². The van der Waals surface area contributed by atoms with Crippen molar-refractivity contribution in [3.8, 4) is 28.6 Å². The summed E-state index contributed by atoms with van der Waals surface area (Å²) in [5.74, 6) is 1.75. The molecule has 0 unspecified atom stereocenters. The van der Waals surface area contributed by atoms with Crippen molar-refractivity contribution in [3.05, 3.63) is 66.2 Å². The zero-order valence-electron chi connectivity index (χ0n) is 16.4. The summed E-state index contributed by atoms with van der Waals surface area (Å²) in [4.78, 5) is 12.1. The fourth-order valence-corrected chi connectivity index (χ4v) is 2.60. The molecule has 0 aliphatic carbocycles. The fraction of sp³-hybridized carbons (Fsp3) is 0.227. The molecule has 0 atom stereocenters. The lowest BCUT2D eigenvalue weighted by Crippen LogP contribution is -2.28. The van der Waals surface area contributed by atoms with Crippen molar-refractivity contribution in [3.63, 3.8) is 0 Å². The van der Waals surface area contributed by atoms with E-state index >= 15 is 0 Å². The zero-order valence-corrected chi connectivity index (χ0v) is 16.4. The minimum Gasteiger partial charge on any atom is -0.497 e. The highest BCUT2D eigenvalue weighted by Crippen LogP contribution is 2.21. The first-order chi connectivity index (χ1) is 14.2. The maximum Gasteiger partial charge on any atom is 0.251 e. The van der Waals surface area contributed by atoms with Gasteiger partial charge in [-0.1, -0.05) is 0 Å². The average molecular weight is 393 g/mol. The molecule has 0 aliphatic heterocycles. The number of carbonyl (C=O) groups is 1. The summed E-state index contributed by atoms with van der Waals surface area (Å²) in [5, 5.41) is 11.1.